The van der Waals surface area contributed by atoms with Gasteiger partial charge in [-0.1, -0.05) is 506 Å². The minimum Gasteiger partial charge on any atom is -0.425 e. The van der Waals surface area contributed by atoms with E-state index in [1.807, 2.05) is 292 Å². The molecule has 0 aromatic heterocycles. The van der Waals surface area contributed by atoms with Crippen LogP contribution in [0.4, 0.5) is 5.69 Å². The fraction of sp³-hybridized carbons (Fsp3) is 0.0680. The van der Waals surface area contributed by atoms with Crippen molar-refractivity contribution in [1.82, 2.24) is 0 Å². The van der Waals surface area contributed by atoms with Gasteiger partial charge in [0.05, 0.1) is 0 Å². The summed E-state index contributed by atoms with van der Waals surface area (Å²) in [5.74, 6) is 0. The van der Waals surface area contributed by atoms with Crippen LogP contribution < -0.4 is 87.2 Å². The molecule has 0 amide bonds. The first-order chi connectivity index (χ1) is 71.7. The van der Waals surface area contributed by atoms with Gasteiger partial charge >= 0.3 is 138 Å². The second-order valence-corrected chi connectivity index (χ2v) is 99.4. The third kappa shape index (κ3) is 20.1. The number of halogens is 3. The Morgan fingerprint density at radius 2 is 0.295 bits per heavy atom. The van der Waals surface area contributed by atoms with Gasteiger partial charge in [-0.3, -0.25) is 0 Å². The summed E-state index contributed by atoms with van der Waals surface area (Å²) in [6, 6.07) is 142. The van der Waals surface area contributed by atoms with Crippen LogP contribution in [0.15, 0.2) is 473 Å². The number of benzene rings is 16. The number of nitrogens with zero attached hydrogens (tertiary/aromatic N) is 1. The number of rotatable bonds is 19. The van der Waals surface area contributed by atoms with E-state index < -0.39 is 155 Å². The molecule has 149 heavy (non-hydrogen) atoms. The highest BCUT2D eigenvalue weighted by Gasteiger charge is 2.88. The minimum atomic E-state index is -5.04. The van der Waals surface area contributed by atoms with E-state index in [2.05, 4.69) is 55.6 Å². The van der Waals surface area contributed by atoms with E-state index in [4.69, 9.17) is 120 Å². The van der Waals surface area contributed by atoms with Crippen LogP contribution in [0.3, 0.4) is 0 Å². The smallest absolute Gasteiger partial charge is 0.425 e. The number of fused-ring (bicyclic) bond motifs is 3. The maximum atomic E-state index is 13.6. The lowest BCUT2D eigenvalue weighted by Crippen LogP contribution is -2.96. The molecular weight excluding hydrogens is 2250 g/mol. The number of anilines is 1. The van der Waals surface area contributed by atoms with Gasteiger partial charge in [-0.2, -0.15) is 0 Å². The number of aryl methyl sites for hydroxylation is 1. The zero-order valence-corrected chi connectivity index (χ0v) is 102. The van der Waals surface area contributed by atoms with Crippen LogP contribution in [0.25, 0.3) is 0 Å². The first kappa shape index (κ1) is 104. The summed E-state index contributed by atoms with van der Waals surface area (Å²) in [5.41, 5.74) is 2.28. The fourth-order valence-electron chi connectivity index (χ4n) is 19.4. The summed E-state index contributed by atoms with van der Waals surface area (Å²) in [4.78, 5) is 40.7. The molecule has 16 aromatic carbocycles. The van der Waals surface area contributed by atoms with Crippen LogP contribution in [-0.4, -0.2) is 169 Å². The second kappa shape index (κ2) is 40.8. The molecule has 0 aliphatic carbocycles. The lowest BCUT2D eigenvalue weighted by Gasteiger charge is -2.62. The molecule has 9 saturated heterocycles. The molecule has 0 unspecified atom stereocenters. The number of hydrogen-bond donors (Lipinski definition) is 3. The molecule has 9 aliphatic rings. The van der Waals surface area contributed by atoms with E-state index in [0.29, 0.717) is 62.2 Å². The zero-order valence-electron chi connectivity index (χ0n) is 81.5. The van der Waals surface area contributed by atoms with Gasteiger partial charge in [-0.05, 0) is 24.2 Å². The topological polar surface area (TPSA) is 258 Å². The summed E-state index contributed by atoms with van der Waals surface area (Å²) < 4.78 is 167. The minimum absolute atomic E-state index is 0.239. The Labute approximate surface area is 898 Å². The standard InChI is InChI=1S/C49H42O12Si8.C42H38O12Si7.C12H22Cl3NSi3/c1-41-37-39-49(40-38-41)69-59-66(46-31-17-6-18-32-46)53-63(43-25-11-3-12-26-43)50-62(42-23-9-2-10-24-42)51-64(55-66,44-27-13-4-14-28-44)57-68(61-69,48-35-21-8-22-36-48)58-65(52-62,45-29-15-5-16-30-45)56-67(54-63,60-69)47-33-19-7-20-34-47;43-55(36-22-8-1-9-23-36)46-58(39-28-14-4-15-29-39)48-56(44,37-24-10-2-11-25-37)50-60(41-32-18-6-19-33-41)51-57(45,38-26-12-3-13-27-38)49-59(47-55,40-30-16-5-17-31-40)53-61(52-58,54-60)42-34-20-7-21-35-42;1-17(2,3)16(18(4,5)6)11-7-9-12(10-8-11)19(13,14)15/h2-40H,1H3;1-35,43-45H;7-10H,1-6H3. The van der Waals surface area contributed by atoms with Crippen LogP contribution in [0.1, 0.15) is 5.56 Å². The van der Waals surface area contributed by atoms with Gasteiger partial charge in [0.25, 0.3) is 0 Å². The molecule has 16 aromatic rings. The molecule has 25 nitrogen and oxygen atoms in total. The monoisotopic (exact) mass is 2350 g/mol. The fourth-order valence-corrected chi connectivity index (χ4v) is 111. The van der Waals surface area contributed by atoms with E-state index in [0.717, 1.165) is 10.8 Å². The Morgan fingerprint density at radius 3 is 0.430 bits per heavy atom. The molecule has 12 bridgehead atoms. The van der Waals surface area contributed by atoms with E-state index in [-0.39, 0.29) is 15.6 Å². The Balaban J connectivity index is 0.000000144. The van der Waals surface area contributed by atoms with Crippen molar-refractivity contribution in [2.24, 2.45) is 0 Å². The molecule has 9 aliphatic heterocycles. The molecule has 0 saturated carbocycles. The molecule has 46 heteroatoms. The van der Waals surface area contributed by atoms with Crippen molar-refractivity contribution in [3.8, 4) is 0 Å². The van der Waals surface area contributed by atoms with E-state index >= 15 is 0 Å². The molecule has 3 N–H and O–H groups in total. The van der Waals surface area contributed by atoms with Gasteiger partial charge in [0, 0.05) is 83.5 Å². The SMILES string of the molecule is C[Si](C)(C)N(c1ccc([Si](Cl)(Cl)Cl)cc1)[Si](C)(C)C.Cc1ccc([Si]23O[Si]4(c5ccccc5)O[Si]5(c6ccccc6)O[Si]6(c7ccccc7)O[Si](c7ccccc7)(O4)O[Si](c4ccccc4)(O[Si](c4ccccc4)(O6)O[Si](c4ccccc4)(O5)O2)O3)cc1.O[Si]1(c2ccccc2)O[Si]2(c3ccccc3)O[Si](O)(c3ccccc3)O[Si]3(c4ccccc4)O[Si](O)(c4ccccc4)O[Si](c4ccccc4)(O1)O[Si](c1ccccc1)(O2)O3. The third-order valence-electron chi connectivity index (χ3n) is 25.7. The summed E-state index contributed by atoms with van der Waals surface area (Å²) in [6.07, 6.45) is 0. The normalized spacial score (nSPS) is 30.4. The summed E-state index contributed by atoms with van der Waals surface area (Å²) >= 11 is 18.1. The molecule has 0 atom stereocenters. The van der Waals surface area contributed by atoms with Crippen LogP contribution in [0.2, 0.25) is 39.3 Å². The molecular formula is C103H102Cl3NO24Si18. The first-order valence-corrected chi connectivity index (χ1v) is 86.3. The van der Waals surface area contributed by atoms with Crippen molar-refractivity contribution in [3.05, 3.63) is 479 Å². The third-order valence-corrected chi connectivity index (χ3v) is 96.9. The highest BCUT2D eigenvalue weighted by molar-refractivity contribution is 7.69. The van der Waals surface area contributed by atoms with Crippen LogP contribution >= 0.6 is 33.2 Å². The quantitative estimate of drug-likeness (QED) is 0.0503. The lowest BCUT2D eigenvalue weighted by atomic mass is 10.2. The van der Waals surface area contributed by atoms with Crippen LogP contribution in [-0.2, 0) is 86.4 Å². The Hall–Kier alpha value is -8.87. The van der Waals surface area contributed by atoms with Crippen molar-refractivity contribution in [2.75, 3.05) is 4.23 Å². The predicted octanol–water partition coefficient (Wildman–Crippen LogP) is 9.43. The van der Waals surface area contributed by atoms with Gasteiger partial charge in [0.15, 0.2) is 0 Å². The van der Waals surface area contributed by atoms with Gasteiger partial charge in [-0.25, -0.2) is 0 Å². The Kier molecular flexibility index (Phi) is 28.6. The summed E-state index contributed by atoms with van der Waals surface area (Å²) in [7, 11) is -75.5. The molecule has 9 heterocycles. The van der Waals surface area contributed by atoms with Gasteiger partial charge < -0.3 is 105 Å². The second-order valence-electron chi connectivity index (χ2n) is 38.3. The van der Waals surface area contributed by atoms with Crippen molar-refractivity contribution in [1.29, 1.82) is 0 Å². The summed E-state index contributed by atoms with van der Waals surface area (Å²) in [6.45, 7) is 16.3. The Bertz CT molecular complexity index is 6780. The average molecular weight is 2350 g/mol. The van der Waals surface area contributed by atoms with E-state index in [1.165, 1.54) is 5.69 Å². The molecule has 0 radical (unpaired) electrons. The molecule has 756 valence electrons. The van der Waals surface area contributed by atoms with Crippen molar-refractivity contribution >= 4 is 276 Å². The van der Waals surface area contributed by atoms with Gasteiger partial charge in [-0.15, -0.1) is 33.2 Å². The highest BCUT2D eigenvalue weighted by Crippen LogP contribution is 2.50. The molecule has 9 fully saturated rings. The van der Waals surface area contributed by atoms with E-state index in [1.54, 1.807) is 176 Å². The van der Waals surface area contributed by atoms with Crippen molar-refractivity contribution in [2.45, 2.75) is 46.2 Å². The van der Waals surface area contributed by atoms with Crippen molar-refractivity contribution < 1.29 is 101 Å². The highest BCUT2D eigenvalue weighted by atomic mass is 35.8. The molecule has 0 spiro atoms. The van der Waals surface area contributed by atoms with Crippen molar-refractivity contribution in [3.63, 3.8) is 0 Å². The largest absolute Gasteiger partial charge is 0.520 e. The zero-order chi connectivity index (χ0) is 103. The maximum Gasteiger partial charge on any atom is 0.520 e. The maximum absolute atomic E-state index is 13.6. The average Bonchev–Trinajstić information content (AvgIpc) is 0.662. The first-order valence-electron chi connectivity index (χ1n) is 48.4. The summed E-state index contributed by atoms with van der Waals surface area (Å²) in [5, 5.41) is 7.62. The Morgan fingerprint density at radius 1 is 0.168 bits per heavy atom. The van der Waals surface area contributed by atoms with Crippen LogP contribution in [0, 0.1) is 6.92 Å². The van der Waals surface area contributed by atoms with Gasteiger partial charge in [0.1, 0.15) is 16.5 Å². The number of hydrogen-bond acceptors (Lipinski definition) is 25. The predicted molar refractivity (Wildman–Crippen MR) is 610 cm³/mol. The molecule has 25 rings (SSSR count). The van der Waals surface area contributed by atoms with E-state index in [9.17, 15) is 14.4 Å². The van der Waals surface area contributed by atoms with Crippen LogP contribution in [0.5, 0.6) is 0 Å². The lowest BCUT2D eigenvalue weighted by molar-refractivity contribution is -0.00360. The van der Waals surface area contributed by atoms with Gasteiger partial charge in [0.2, 0.25) is 0 Å².